The third kappa shape index (κ3) is 3.47. The van der Waals surface area contributed by atoms with Gasteiger partial charge in [0.2, 0.25) is 0 Å². The molecule has 0 bridgehead atoms. The number of amides is 1. The first kappa shape index (κ1) is 18.1. The second kappa shape index (κ2) is 7.37. The summed E-state index contributed by atoms with van der Waals surface area (Å²) in [5.41, 5.74) is 8.64. The molecule has 1 fully saturated rings. The fourth-order valence-electron chi connectivity index (χ4n) is 3.94. The molecule has 2 heterocycles. The molecule has 27 heavy (non-hydrogen) atoms. The molecule has 0 unspecified atom stereocenters. The van der Waals surface area contributed by atoms with Gasteiger partial charge in [0.25, 0.3) is 5.91 Å². The van der Waals surface area contributed by atoms with Gasteiger partial charge in [0.05, 0.1) is 18.7 Å². The maximum absolute atomic E-state index is 14.0. The SMILES string of the molecule is N[C@@H]1CO[C@@H](C(=O)N2CCc3ccccc3[C@@H]2c2ccc(F)cc2)C[C@@H]1F. The highest BCUT2D eigenvalue weighted by Gasteiger charge is 2.39. The molecule has 0 aliphatic carbocycles. The van der Waals surface area contributed by atoms with Gasteiger partial charge in [-0.1, -0.05) is 36.4 Å². The van der Waals surface area contributed by atoms with Crippen molar-refractivity contribution in [1.29, 1.82) is 0 Å². The summed E-state index contributed by atoms with van der Waals surface area (Å²) in [5.74, 6) is -0.570. The third-order valence-electron chi connectivity index (χ3n) is 5.42. The van der Waals surface area contributed by atoms with Crippen LogP contribution >= 0.6 is 0 Å². The lowest BCUT2D eigenvalue weighted by Gasteiger charge is -2.40. The highest BCUT2D eigenvalue weighted by Crippen LogP contribution is 2.36. The molecule has 6 heteroatoms. The van der Waals surface area contributed by atoms with Crippen LogP contribution in [0.2, 0.25) is 0 Å². The van der Waals surface area contributed by atoms with Gasteiger partial charge in [-0.05, 0) is 35.2 Å². The number of carbonyl (C=O) groups excluding carboxylic acids is 1. The Kier molecular flexibility index (Phi) is 4.93. The van der Waals surface area contributed by atoms with E-state index in [2.05, 4.69) is 0 Å². The number of hydrogen-bond acceptors (Lipinski definition) is 3. The molecular formula is C21H22F2N2O2. The second-order valence-corrected chi connectivity index (χ2v) is 7.17. The van der Waals surface area contributed by atoms with Crippen molar-refractivity contribution >= 4 is 5.91 Å². The van der Waals surface area contributed by atoms with Gasteiger partial charge in [0.15, 0.2) is 0 Å². The molecule has 0 aromatic heterocycles. The van der Waals surface area contributed by atoms with Gasteiger partial charge < -0.3 is 15.4 Å². The summed E-state index contributed by atoms with van der Waals surface area (Å²) in [6.45, 7) is 0.532. The topological polar surface area (TPSA) is 55.6 Å². The van der Waals surface area contributed by atoms with E-state index >= 15 is 0 Å². The van der Waals surface area contributed by atoms with E-state index < -0.39 is 18.3 Å². The Morgan fingerprint density at radius 1 is 1.15 bits per heavy atom. The molecule has 0 spiro atoms. The summed E-state index contributed by atoms with van der Waals surface area (Å²) < 4.78 is 33.0. The highest BCUT2D eigenvalue weighted by atomic mass is 19.1. The van der Waals surface area contributed by atoms with Crippen LogP contribution in [0.25, 0.3) is 0 Å². The molecule has 1 saturated heterocycles. The van der Waals surface area contributed by atoms with Crippen LogP contribution in [0, 0.1) is 5.82 Å². The van der Waals surface area contributed by atoms with Gasteiger partial charge in [-0.3, -0.25) is 4.79 Å². The van der Waals surface area contributed by atoms with Gasteiger partial charge >= 0.3 is 0 Å². The predicted octanol–water partition coefficient (Wildman–Crippen LogP) is 2.75. The van der Waals surface area contributed by atoms with E-state index in [1.807, 2.05) is 24.3 Å². The van der Waals surface area contributed by atoms with Crippen LogP contribution in [0.3, 0.4) is 0 Å². The number of nitrogens with two attached hydrogens (primary N) is 1. The Morgan fingerprint density at radius 3 is 2.63 bits per heavy atom. The van der Waals surface area contributed by atoms with E-state index in [1.54, 1.807) is 17.0 Å². The molecule has 2 N–H and O–H groups in total. The van der Waals surface area contributed by atoms with Crippen LogP contribution in [-0.2, 0) is 16.0 Å². The first-order valence-electron chi connectivity index (χ1n) is 9.19. The van der Waals surface area contributed by atoms with Gasteiger partial charge in [0.1, 0.15) is 18.1 Å². The number of carbonyl (C=O) groups is 1. The minimum absolute atomic E-state index is 0.0310. The number of nitrogens with zero attached hydrogens (tertiary/aromatic N) is 1. The molecule has 2 aromatic carbocycles. The Morgan fingerprint density at radius 2 is 1.89 bits per heavy atom. The van der Waals surface area contributed by atoms with Crippen molar-refractivity contribution < 1.29 is 18.3 Å². The van der Waals surface area contributed by atoms with Crippen LogP contribution in [0.4, 0.5) is 8.78 Å². The number of alkyl halides is 1. The maximum atomic E-state index is 14.0. The molecule has 2 aliphatic heterocycles. The molecule has 2 aliphatic rings. The largest absolute Gasteiger partial charge is 0.367 e. The monoisotopic (exact) mass is 372 g/mol. The van der Waals surface area contributed by atoms with Crippen LogP contribution < -0.4 is 5.73 Å². The molecule has 1 amide bonds. The first-order chi connectivity index (χ1) is 13.0. The van der Waals surface area contributed by atoms with Crippen molar-refractivity contribution in [3.05, 3.63) is 71.0 Å². The fourth-order valence-corrected chi connectivity index (χ4v) is 3.94. The Hall–Kier alpha value is -2.31. The van der Waals surface area contributed by atoms with E-state index in [9.17, 15) is 13.6 Å². The van der Waals surface area contributed by atoms with Gasteiger partial charge in [-0.2, -0.15) is 0 Å². The minimum Gasteiger partial charge on any atom is -0.367 e. The van der Waals surface area contributed by atoms with Gasteiger partial charge in [-0.15, -0.1) is 0 Å². The summed E-state index contributed by atoms with van der Waals surface area (Å²) in [7, 11) is 0. The van der Waals surface area contributed by atoms with Crippen molar-refractivity contribution in [2.45, 2.75) is 37.2 Å². The van der Waals surface area contributed by atoms with E-state index in [0.717, 1.165) is 16.7 Å². The third-order valence-corrected chi connectivity index (χ3v) is 5.42. The van der Waals surface area contributed by atoms with E-state index in [1.165, 1.54) is 12.1 Å². The zero-order valence-electron chi connectivity index (χ0n) is 14.9. The molecule has 4 atom stereocenters. The van der Waals surface area contributed by atoms with E-state index in [-0.39, 0.29) is 30.8 Å². The smallest absolute Gasteiger partial charge is 0.252 e. The van der Waals surface area contributed by atoms with Crippen LogP contribution in [0.15, 0.2) is 48.5 Å². The molecule has 4 rings (SSSR count). The van der Waals surface area contributed by atoms with Crippen LogP contribution in [0.5, 0.6) is 0 Å². The lowest BCUT2D eigenvalue weighted by Crippen LogP contribution is -2.52. The minimum atomic E-state index is -1.26. The Bertz CT molecular complexity index is 827. The van der Waals surface area contributed by atoms with E-state index in [0.29, 0.717) is 13.0 Å². The predicted molar refractivity (Wildman–Crippen MR) is 97.3 cm³/mol. The Labute approximate surface area is 156 Å². The second-order valence-electron chi connectivity index (χ2n) is 7.17. The average Bonchev–Trinajstić information content (AvgIpc) is 2.69. The zero-order valence-corrected chi connectivity index (χ0v) is 14.9. The van der Waals surface area contributed by atoms with E-state index in [4.69, 9.17) is 10.5 Å². The quantitative estimate of drug-likeness (QED) is 0.882. The van der Waals surface area contributed by atoms with Crippen LogP contribution in [-0.4, -0.2) is 42.3 Å². The van der Waals surface area contributed by atoms with Crippen molar-refractivity contribution in [3.63, 3.8) is 0 Å². The summed E-state index contributed by atoms with van der Waals surface area (Å²) in [5, 5.41) is 0. The highest BCUT2D eigenvalue weighted by molar-refractivity contribution is 5.82. The summed E-state index contributed by atoms with van der Waals surface area (Å²) in [6.07, 6.45) is -1.42. The fraction of sp³-hybridized carbons (Fsp3) is 0.381. The standard InChI is InChI=1S/C21H22F2N2O2/c22-15-7-5-14(6-8-15)20-16-4-2-1-3-13(16)9-10-25(20)21(26)19-11-17(23)18(24)12-27-19/h1-8,17-20H,9-12,24H2/t17-,18+,19+,20-/m0/s1. The molecule has 0 radical (unpaired) electrons. The van der Waals surface area contributed by atoms with Crippen LogP contribution in [0.1, 0.15) is 29.2 Å². The number of benzene rings is 2. The van der Waals surface area contributed by atoms with Crippen molar-refractivity contribution in [3.8, 4) is 0 Å². The normalized spacial score (nSPS) is 27.9. The number of hydrogen-bond donors (Lipinski definition) is 1. The number of ether oxygens (including phenoxy) is 1. The average molecular weight is 372 g/mol. The number of rotatable bonds is 2. The lowest BCUT2D eigenvalue weighted by molar-refractivity contribution is -0.152. The van der Waals surface area contributed by atoms with Crippen molar-refractivity contribution in [2.24, 2.45) is 5.73 Å². The van der Waals surface area contributed by atoms with Crippen molar-refractivity contribution in [2.75, 3.05) is 13.2 Å². The van der Waals surface area contributed by atoms with Gasteiger partial charge in [-0.25, -0.2) is 8.78 Å². The summed E-state index contributed by atoms with van der Waals surface area (Å²) >= 11 is 0. The molecule has 4 nitrogen and oxygen atoms in total. The summed E-state index contributed by atoms with van der Waals surface area (Å²) in [6, 6.07) is 13.1. The Balaban J connectivity index is 1.68. The molecule has 2 aromatic rings. The molecule has 142 valence electrons. The molecular weight excluding hydrogens is 350 g/mol. The first-order valence-corrected chi connectivity index (χ1v) is 9.19. The maximum Gasteiger partial charge on any atom is 0.252 e. The van der Waals surface area contributed by atoms with Crippen molar-refractivity contribution in [1.82, 2.24) is 4.90 Å². The molecule has 0 saturated carbocycles. The summed E-state index contributed by atoms with van der Waals surface area (Å²) in [4.78, 5) is 14.9. The zero-order chi connectivity index (χ0) is 19.0. The number of halogens is 2. The lowest BCUT2D eigenvalue weighted by atomic mass is 9.87. The number of fused-ring (bicyclic) bond motifs is 1. The van der Waals surface area contributed by atoms with Gasteiger partial charge in [0, 0.05) is 13.0 Å².